The first-order valence-corrected chi connectivity index (χ1v) is 3.63. The van der Waals surface area contributed by atoms with Crippen molar-refractivity contribution in [3.8, 4) is 0 Å². The Hall–Kier alpha value is -0.930. The lowest BCUT2D eigenvalue weighted by atomic mass is 10.0. The van der Waals surface area contributed by atoms with Gasteiger partial charge in [-0.1, -0.05) is 0 Å². The van der Waals surface area contributed by atoms with Crippen molar-refractivity contribution < 1.29 is 0 Å². The molecule has 0 spiro atoms. The molecular formula is C8H13N3. The van der Waals surface area contributed by atoms with Crippen LogP contribution in [0.4, 0.5) is 0 Å². The number of nitrogens with zero attached hydrogens (tertiary/aromatic N) is 1. The van der Waals surface area contributed by atoms with Crippen molar-refractivity contribution in [1.29, 1.82) is 0 Å². The van der Waals surface area contributed by atoms with E-state index in [-0.39, 0.29) is 12.1 Å². The minimum Gasteiger partial charge on any atom is -0.326 e. The molecule has 11 heavy (non-hydrogen) atoms. The van der Waals surface area contributed by atoms with E-state index < -0.39 is 0 Å². The van der Waals surface area contributed by atoms with Gasteiger partial charge in [-0.25, -0.2) is 0 Å². The zero-order valence-corrected chi connectivity index (χ0v) is 6.57. The Balaban J connectivity index is 2.77. The van der Waals surface area contributed by atoms with Crippen LogP contribution in [0.15, 0.2) is 24.5 Å². The third-order valence-electron chi connectivity index (χ3n) is 1.66. The summed E-state index contributed by atoms with van der Waals surface area (Å²) in [5.41, 5.74) is 12.4. The number of hydrogen-bond donors (Lipinski definition) is 2. The summed E-state index contributed by atoms with van der Waals surface area (Å²) < 4.78 is 0. The van der Waals surface area contributed by atoms with Crippen molar-refractivity contribution in [3.05, 3.63) is 30.1 Å². The lowest BCUT2D eigenvalue weighted by Gasteiger charge is -2.14. The molecule has 1 aromatic heterocycles. The molecule has 0 fully saturated rings. The molecule has 0 aliphatic rings. The lowest BCUT2D eigenvalue weighted by molar-refractivity contribution is 0.588. The van der Waals surface area contributed by atoms with Crippen LogP contribution in [0.1, 0.15) is 18.5 Å². The average Bonchev–Trinajstić information content (AvgIpc) is 2.05. The van der Waals surface area contributed by atoms with Gasteiger partial charge in [-0.2, -0.15) is 0 Å². The molecule has 3 nitrogen and oxygen atoms in total. The molecule has 0 saturated heterocycles. The van der Waals surface area contributed by atoms with E-state index in [4.69, 9.17) is 11.5 Å². The second-order valence-electron chi connectivity index (χ2n) is 2.67. The summed E-state index contributed by atoms with van der Waals surface area (Å²) in [6.07, 6.45) is 3.44. The number of rotatable bonds is 2. The van der Waals surface area contributed by atoms with Crippen LogP contribution in [0.5, 0.6) is 0 Å². The Morgan fingerprint density at radius 3 is 2.27 bits per heavy atom. The molecule has 0 bridgehead atoms. The standard InChI is InChI=1S/C8H13N3/c1-6(9)8(10)7-2-4-11-5-3-7/h2-6,8H,9-10H2,1H3/t6-,8-/m1/s1. The van der Waals surface area contributed by atoms with Gasteiger partial charge in [0.15, 0.2) is 0 Å². The molecule has 0 aliphatic carbocycles. The van der Waals surface area contributed by atoms with Crippen LogP contribution in [0, 0.1) is 0 Å². The Labute approximate surface area is 66.4 Å². The van der Waals surface area contributed by atoms with Gasteiger partial charge in [-0.15, -0.1) is 0 Å². The monoisotopic (exact) mass is 151 g/mol. The minimum atomic E-state index is -0.0852. The topological polar surface area (TPSA) is 64.9 Å². The van der Waals surface area contributed by atoms with E-state index in [0.717, 1.165) is 5.56 Å². The second-order valence-corrected chi connectivity index (χ2v) is 2.67. The normalized spacial score (nSPS) is 15.9. The van der Waals surface area contributed by atoms with Gasteiger partial charge in [0, 0.05) is 24.5 Å². The summed E-state index contributed by atoms with van der Waals surface area (Å²) >= 11 is 0. The highest BCUT2D eigenvalue weighted by Crippen LogP contribution is 2.10. The van der Waals surface area contributed by atoms with Gasteiger partial charge in [-0.05, 0) is 24.6 Å². The predicted molar refractivity (Wildman–Crippen MR) is 44.8 cm³/mol. The summed E-state index contributed by atoms with van der Waals surface area (Å²) in [7, 11) is 0. The van der Waals surface area contributed by atoms with Crippen molar-refractivity contribution >= 4 is 0 Å². The van der Waals surface area contributed by atoms with Gasteiger partial charge in [0.25, 0.3) is 0 Å². The molecule has 3 heteroatoms. The lowest BCUT2D eigenvalue weighted by Crippen LogP contribution is -2.30. The highest BCUT2D eigenvalue weighted by atomic mass is 14.8. The first kappa shape index (κ1) is 8.17. The Morgan fingerprint density at radius 1 is 1.27 bits per heavy atom. The summed E-state index contributed by atoms with van der Waals surface area (Å²) in [6.45, 7) is 1.89. The van der Waals surface area contributed by atoms with Crippen LogP contribution < -0.4 is 11.5 Å². The van der Waals surface area contributed by atoms with Crippen LogP contribution in [0.3, 0.4) is 0 Å². The maximum atomic E-state index is 5.78. The van der Waals surface area contributed by atoms with Crippen molar-refractivity contribution in [3.63, 3.8) is 0 Å². The van der Waals surface area contributed by atoms with Crippen LogP contribution >= 0.6 is 0 Å². The number of hydrogen-bond acceptors (Lipinski definition) is 3. The third kappa shape index (κ3) is 2.00. The van der Waals surface area contributed by atoms with E-state index in [1.807, 2.05) is 19.1 Å². The Morgan fingerprint density at radius 2 is 1.82 bits per heavy atom. The first-order valence-electron chi connectivity index (χ1n) is 3.63. The maximum Gasteiger partial charge on any atom is 0.0447 e. The van der Waals surface area contributed by atoms with E-state index in [9.17, 15) is 0 Å². The first-order chi connectivity index (χ1) is 5.22. The van der Waals surface area contributed by atoms with Gasteiger partial charge in [0.05, 0.1) is 0 Å². The molecule has 0 aliphatic heterocycles. The maximum absolute atomic E-state index is 5.78. The molecule has 1 rings (SSSR count). The molecule has 4 N–H and O–H groups in total. The molecule has 0 saturated carbocycles. The Bertz CT molecular complexity index is 208. The van der Waals surface area contributed by atoms with Gasteiger partial charge < -0.3 is 11.5 Å². The minimum absolute atomic E-state index is 0.0163. The number of pyridine rings is 1. The van der Waals surface area contributed by atoms with Crippen molar-refractivity contribution in [2.75, 3.05) is 0 Å². The molecule has 0 unspecified atom stereocenters. The van der Waals surface area contributed by atoms with Crippen molar-refractivity contribution in [2.45, 2.75) is 19.0 Å². The highest BCUT2D eigenvalue weighted by molar-refractivity contribution is 5.15. The molecule has 1 aromatic rings. The van der Waals surface area contributed by atoms with Crippen molar-refractivity contribution in [1.82, 2.24) is 4.98 Å². The van der Waals surface area contributed by atoms with Gasteiger partial charge >= 0.3 is 0 Å². The molecule has 2 atom stereocenters. The van der Waals surface area contributed by atoms with Gasteiger partial charge in [0.1, 0.15) is 0 Å². The summed E-state index contributed by atoms with van der Waals surface area (Å²) in [6, 6.07) is 3.66. The molecule has 60 valence electrons. The number of aromatic nitrogens is 1. The summed E-state index contributed by atoms with van der Waals surface area (Å²) in [5, 5.41) is 0. The molecular weight excluding hydrogens is 138 g/mol. The molecule has 1 heterocycles. The van der Waals surface area contributed by atoms with E-state index in [0.29, 0.717) is 0 Å². The predicted octanol–water partition coefficient (Wildman–Crippen LogP) is 0.429. The van der Waals surface area contributed by atoms with Crippen molar-refractivity contribution in [2.24, 2.45) is 11.5 Å². The fourth-order valence-corrected chi connectivity index (χ4v) is 0.889. The fraction of sp³-hybridized carbons (Fsp3) is 0.375. The third-order valence-corrected chi connectivity index (χ3v) is 1.66. The molecule has 0 amide bonds. The van der Waals surface area contributed by atoms with Crippen LogP contribution in [0.25, 0.3) is 0 Å². The fourth-order valence-electron chi connectivity index (χ4n) is 0.889. The quantitative estimate of drug-likeness (QED) is 0.644. The summed E-state index contributed by atoms with van der Waals surface area (Å²) in [4.78, 5) is 3.89. The van der Waals surface area contributed by atoms with E-state index in [2.05, 4.69) is 4.98 Å². The number of nitrogens with two attached hydrogens (primary N) is 2. The van der Waals surface area contributed by atoms with E-state index >= 15 is 0 Å². The molecule has 0 aromatic carbocycles. The van der Waals surface area contributed by atoms with E-state index in [1.54, 1.807) is 12.4 Å². The largest absolute Gasteiger partial charge is 0.326 e. The van der Waals surface area contributed by atoms with E-state index in [1.165, 1.54) is 0 Å². The molecule has 0 radical (unpaired) electrons. The summed E-state index contributed by atoms with van der Waals surface area (Å²) in [5.74, 6) is 0. The highest BCUT2D eigenvalue weighted by Gasteiger charge is 2.08. The Kier molecular flexibility index (Phi) is 2.57. The van der Waals surface area contributed by atoms with Crippen LogP contribution in [-0.4, -0.2) is 11.0 Å². The van der Waals surface area contributed by atoms with Gasteiger partial charge in [0.2, 0.25) is 0 Å². The zero-order chi connectivity index (χ0) is 8.27. The van der Waals surface area contributed by atoms with Crippen LogP contribution in [0.2, 0.25) is 0 Å². The smallest absolute Gasteiger partial charge is 0.0447 e. The second kappa shape index (κ2) is 3.46. The van der Waals surface area contributed by atoms with Gasteiger partial charge in [-0.3, -0.25) is 4.98 Å². The average molecular weight is 151 g/mol. The SMILES string of the molecule is C[C@@H](N)[C@@H](N)c1ccncc1. The zero-order valence-electron chi connectivity index (χ0n) is 6.57. The van der Waals surface area contributed by atoms with Crippen LogP contribution in [-0.2, 0) is 0 Å².